The van der Waals surface area contributed by atoms with Crippen LogP contribution in [0.4, 0.5) is 0 Å². The molecule has 0 aromatic rings. The molecule has 4 nitrogen and oxygen atoms in total. The van der Waals surface area contributed by atoms with Crippen molar-refractivity contribution in [2.75, 3.05) is 0 Å². The lowest BCUT2D eigenvalue weighted by Crippen LogP contribution is -2.70. The highest BCUT2D eigenvalue weighted by Gasteiger charge is 2.47. The monoisotopic (exact) mass is 268 g/mol. The Morgan fingerprint density at radius 2 is 1.89 bits per heavy atom. The predicted molar refractivity (Wildman–Crippen MR) is 76.8 cm³/mol. The van der Waals surface area contributed by atoms with E-state index in [0.717, 1.165) is 25.7 Å². The number of nitrogens with one attached hydrogen (secondary N) is 1. The quantitative estimate of drug-likeness (QED) is 0.804. The number of hydrogen-bond donors (Lipinski definition) is 1. The van der Waals surface area contributed by atoms with Gasteiger partial charge in [-0.1, -0.05) is 33.6 Å². The van der Waals surface area contributed by atoms with E-state index >= 15 is 0 Å². The van der Waals surface area contributed by atoms with E-state index in [1.807, 2.05) is 25.7 Å². The van der Waals surface area contributed by atoms with Gasteiger partial charge in [0.05, 0.1) is 0 Å². The lowest BCUT2D eigenvalue weighted by atomic mass is 9.89. The first-order valence-corrected chi connectivity index (χ1v) is 7.56. The molecule has 4 heteroatoms. The first kappa shape index (κ1) is 16.0. The molecular weight excluding hydrogens is 240 g/mol. The molecule has 1 rings (SSSR count). The third-order valence-corrected chi connectivity index (χ3v) is 4.19. The van der Waals surface area contributed by atoms with Crippen molar-refractivity contribution < 1.29 is 9.59 Å². The summed E-state index contributed by atoms with van der Waals surface area (Å²) in [4.78, 5) is 26.9. The van der Waals surface area contributed by atoms with Crippen molar-refractivity contribution in [3.8, 4) is 0 Å². The lowest BCUT2D eigenvalue weighted by Gasteiger charge is -2.46. The maximum atomic E-state index is 12.7. The average molecular weight is 268 g/mol. The third-order valence-electron chi connectivity index (χ3n) is 4.19. The Morgan fingerprint density at radius 1 is 1.26 bits per heavy atom. The summed E-state index contributed by atoms with van der Waals surface area (Å²) in [6.45, 7) is 9.99. The van der Waals surface area contributed by atoms with E-state index in [-0.39, 0.29) is 23.9 Å². The second-order valence-corrected chi connectivity index (χ2v) is 5.83. The first-order valence-electron chi connectivity index (χ1n) is 7.56. The SMILES string of the molecule is CCCC(C)N1C(=O)C(C)(CC)NC(=O)C1CCC. The van der Waals surface area contributed by atoms with Gasteiger partial charge >= 0.3 is 0 Å². The van der Waals surface area contributed by atoms with Crippen molar-refractivity contribution >= 4 is 11.8 Å². The van der Waals surface area contributed by atoms with Crippen LogP contribution < -0.4 is 5.32 Å². The van der Waals surface area contributed by atoms with Gasteiger partial charge in [0.15, 0.2) is 0 Å². The Balaban J connectivity index is 3.06. The fourth-order valence-corrected chi connectivity index (χ4v) is 2.81. The highest BCUT2D eigenvalue weighted by molar-refractivity contribution is 5.99. The average Bonchev–Trinajstić information content (AvgIpc) is 2.36. The molecule has 110 valence electrons. The molecule has 1 aliphatic rings. The molecule has 1 N–H and O–H groups in total. The van der Waals surface area contributed by atoms with Crippen molar-refractivity contribution in [2.24, 2.45) is 0 Å². The van der Waals surface area contributed by atoms with E-state index < -0.39 is 5.54 Å². The van der Waals surface area contributed by atoms with Crippen LogP contribution in [-0.2, 0) is 9.59 Å². The maximum absolute atomic E-state index is 12.7. The Bertz CT molecular complexity index is 343. The second-order valence-electron chi connectivity index (χ2n) is 5.83. The largest absolute Gasteiger partial charge is 0.340 e. The minimum absolute atomic E-state index is 0.00810. The molecule has 0 aromatic carbocycles. The molecule has 0 saturated carbocycles. The van der Waals surface area contributed by atoms with Gasteiger partial charge in [-0.2, -0.15) is 0 Å². The zero-order valence-corrected chi connectivity index (χ0v) is 13.0. The van der Waals surface area contributed by atoms with Gasteiger partial charge in [-0.25, -0.2) is 0 Å². The number of piperazine rings is 1. The summed E-state index contributed by atoms with van der Waals surface area (Å²) >= 11 is 0. The van der Waals surface area contributed by atoms with E-state index in [1.165, 1.54) is 0 Å². The van der Waals surface area contributed by atoms with Crippen LogP contribution in [0.15, 0.2) is 0 Å². The second kappa shape index (κ2) is 6.40. The summed E-state index contributed by atoms with van der Waals surface area (Å²) in [5.41, 5.74) is -0.733. The van der Waals surface area contributed by atoms with Crippen LogP contribution in [0.1, 0.15) is 66.7 Å². The molecule has 0 aromatic heterocycles. The summed E-state index contributed by atoms with van der Waals surface area (Å²) in [6.07, 6.45) is 4.24. The van der Waals surface area contributed by atoms with Gasteiger partial charge in [-0.3, -0.25) is 9.59 Å². The Labute approximate surface area is 116 Å². The van der Waals surface area contributed by atoms with Gasteiger partial charge in [0.2, 0.25) is 11.8 Å². The fourth-order valence-electron chi connectivity index (χ4n) is 2.81. The zero-order valence-electron chi connectivity index (χ0n) is 13.0. The van der Waals surface area contributed by atoms with Gasteiger partial charge < -0.3 is 10.2 Å². The summed E-state index contributed by atoms with van der Waals surface area (Å²) in [7, 11) is 0. The summed E-state index contributed by atoms with van der Waals surface area (Å²) < 4.78 is 0. The molecule has 1 aliphatic heterocycles. The van der Waals surface area contributed by atoms with Gasteiger partial charge in [-0.15, -0.1) is 0 Å². The lowest BCUT2D eigenvalue weighted by molar-refractivity contribution is -0.157. The van der Waals surface area contributed by atoms with E-state index in [9.17, 15) is 9.59 Å². The van der Waals surface area contributed by atoms with Gasteiger partial charge in [-0.05, 0) is 33.1 Å². The molecule has 0 spiro atoms. The molecule has 1 saturated heterocycles. The minimum Gasteiger partial charge on any atom is -0.340 e. The highest BCUT2D eigenvalue weighted by Crippen LogP contribution is 2.26. The number of rotatable bonds is 6. The Morgan fingerprint density at radius 3 is 2.37 bits per heavy atom. The molecule has 19 heavy (non-hydrogen) atoms. The van der Waals surface area contributed by atoms with Crippen molar-refractivity contribution in [1.82, 2.24) is 10.2 Å². The van der Waals surface area contributed by atoms with Crippen LogP contribution in [0.25, 0.3) is 0 Å². The predicted octanol–water partition coefficient (Wildman–Crippen LogP) is 2.47. The number of hydrogen-bond acceptors (Lipinski definition) is 2. The Hall–Kier alpha value is -1.06. The van der Waals surface area contributed by atoms with Crippen molar-refractivity contribution in [1.29, 1.82) is 0 Å². The van der Waals surface area contributed by atoms with E-state index in [4.69, 9.17) is 0 Å². The number of carbonyl (C=O) groups is 2. The van der Waals surface area contributed by atoms with Crippen LogP contribution in [-0.4, -0.2) is 34.3 Å². The Kier molecular flexibility index (Phi) is 5.39. The zero-order chi connectivity index (χ0) is 14.6. The van der Waals surface area contributed by atoms with Gasteiger partial charge in [0, 0.05) is 6.04 Å². The highest BCUT2D eigenvalue weighted by atomic mass is 16.2. The minimum atomic E-state index is -0.733. The molecule has 3 unspecified atom stereocenters. The van der Waals surface area contributed by atoms with Crippen molar-refractivity contribution in [3.63, 3.8) is 0 Å². The number of amides is 2. The van der Waals surface area contributed by atoms with Crippen LogP contribution in [0.5, 0.6) is 0 Å². The molecular formula is C15H28N2O2. The topological polar surface area (TPSA) is 49.4 Å². The number of carbonyl (C=O) groups excluding carboxylic acids is 2. The molecule has 0 radical (unpaired) electrons. The summed E-state index contributed by atoms with van der Waals surface area (Å²) in [5.74, 6) is 0.0859. The van der Waals surface area contributed by atoms with Crippen LogP contribution in [0.2, 0.25) is 0 Å². The molecule has 0 aliphatic carbocycles. The smallest absolute Gasteiger partial charge is 0.248 e. The molecule has 1 fully saturated rings. The van der Waals surface area contributed by atoms with Crippen molar-refractivity contribution in [3.05, 3.63) is 0 Å². The van der Waals surface area contributed by atoms with E-state index in [0.29, 0.717) is 6.42 Å². The van der Waals surface area contributed by atoms with E-state index in [1.54, 1.807) is 0 Å². The van der Waals surface area contributed by atoms with Crippen molar-refractivity contribution in [2.45, 2.75) is 84.3 Å². The van der Waals surface area contributed by atoms with Crippen LogP contribution in [0, 0.1) is 0 Å². The fraction of sp³-hybridized carbons (Fsp3) is 0.867. The standard InChI is InChI=1S/C15H28N2O2/c1-6-9-11(4)17-12(10-7-2)13(18)16-15(5,8-3)14(17)19/h11-12H,6-10H2,1-5H3,(H,16,18). The van der Waals surface area contributed by atoms with E-state index in [2.05, 4.69) is 19.2 Å². The van der Waals surface area contributed by atoms with Crippen LogP contribution in [0.3, 0.4) is 0 Å². The summed E-state index contributed by atoms with van der Waals surface area (Å²) in [5, 5.41) is 2.92. The molecule has 2 amide bonds. The third kappa shape index (κ3) is 3.10. The molecule has 1 heterocycles. The molecule has 3 atom stereocenters. The van der Waals surface area contributed by atoms with Gasteiger partial charge in [0.1, 0.15) is 11.6 Å². The number of nitrogens with zero attached hydrogens (tertiary/aromatic N) is 1. The van der Waals surface area contributed by atoms with Gasteiger partial charge in [0.25, 0.3) is 0 Å². The maximum Gasteiger partial charge on any atom is 0.248 e. The normalized spacial score (nSPS) is 29.3. The molecule has 0 bridgehead atoms. The summed E-state index contributed by atoms with van der Waals surface area (Å²) in [6, 6.07) is -0.162. The first-order chi connectivity index (χ1) is 8.91. The van der Waals surface area contributed by atoms with Crippen LogP contribution >= 0.6 is 0 Å².